The molecule has 1 aliphatic rings. The summed E-state index contributed by atoms with van der Waals surface area (Å²) in [7, 11) is 1.58. The molecule has 1 atom stereocenters. The second kappa shape index (κ2) is 10.3. The van der Waals surface area contributed by atoms with Crippen LogP contribution in [0.2, 0.25) is 0 Å². The van der Waals surface area contributed by atoms with E-state index in [-0.39, 0.29) is 12.0 Å². The Kier molecular flexibility index (Phi) is 8.14. The van der Waals surface area contributed by atoms with E-state index in [1.165, 1.54) is 0 Å². The summed E-state index contributed by atoms with van der Waals surface area (Å²) in [5.74, 6) is 2.18. The minimum Gasteiger partial charge on any atom is -0.495 e. The smallest absolute Gasteiger partial charge is 0.222 e. The van der Waals surface area contributed by atoms with E-state index in [0.717, 1.165) is 24.5 Å². The lowest BCUT2D eigenvalue weighted by Crippen LogP contribution is -2.39. The molecule has 0 spiro atoms. The molecule has 8 heteroatoms. The van der Waals surface area contributed by atoms with Gasteiger partial charge >= 0.3 is 0 Å². The molecule has 2 rings (SSSR count). The first-order valence-corrected chi connectivity index (χ1v) is 9.64. The first-order chi connectivity index (χ1) is 13.4. The number of aromatic nitrogens is 2. The Balaban J connectivity index is 2.35. The summed E-state index contributed by atoms with van der Waals surface area (Å²) in [4.78, 5) is 10.7. The van der Waals surface area contributed by atoms with Crippen LogP contribution in [0.1, 0.15) is 26.0 Å². The van der Waals surface area contributed by atoms with Crippen LogP contribution >= 0.6 is 11.6 Å². The first kappa shape index (κ1) is 22.0. The van der Waals surface area contributed by atoms with Crippen molar-refractivity contribution in [3.63, 3.8) is 0 Å². The Labute approximate surface area is 171 Å². The normalized spacial score (nSPS) is 19.0. The van der Waals surface area contributed by atoms with Crippen molar-refractivity contribution in [2.75, 3.05) is 44.1 Å². The van der Waals surface area contributed by atoms with Gasteiger partial charge in [0.15, 0.2) is 5.76 Å². The van der Waals surface area contributed by atoms with E-state index < -0.39 is 0 Å². The fourth-order valence-corrected chi connectivity index (χ4v) is 3.25. The molecule has 1 fully saturated rings. The fourth-order valence-electron chi connectivity index (χ4n) is 3.02. The topological polar surface area (TPSA) is 82.7 Å². The Morgan fingerprint density at radius 1 is 1.50 bits per heavy atom. The van der Waals surface area contributed by atoms with Gasteiger partial charge in [-0.2, -0.15) is 4.98 Å². The van der Waals surface area contributed by atoms with Gasteiger partial charge in [-0.25, -0.2) is 4.98 Å². The minimum absolute atomic E-state index is 0.189. The number of halogens is 1. The molecular weight excluding hydrogens is 380 g/mol. The number of aryl methyl sites for hydroxylation is 1. The second-order valence-corrected chi connectivity index (χ2v) is 6.85. The van der Waals surface area contributed by atoms with Gasteiger partial charge in [0.05, 0.1) is 26.4 Å². The lowest BCUT2D eigenvalue weighted by Gasteiger charge is -2.32. The zero-order valence-corrected chi connectivity index (χ0v) is 17.8. The van der Waals surface area contributed by atoms with E-state index in [1.807, 2.05) is 26.8 Å². The van der Waals surface area contributed by atoms with E-state index in [4.69, 9.17) is 31.5 Å². The molecule has 1 aromatic heterocycles. The predicted octanol–water partition coefficient (Wildman–Crippen LogP) is 3.56. The van der Waals surface area contributed by atoms with Crippen LogP contribution in [0.4, 0.5) is 11.8 Å². The number of allylic oxidation sites excluding steroid dienone is 2. The summed E-state index contributed by atoms with van der Waals surface area (Å²) >= 11 is 6.60. The molecule has 1 saturated heterocycles. The number of nitrogens with zero attached hydrogens (tertiary/aromatic N) is 3. The summed E-state index contributed by atoms with van der Waals surface area (Å²) in [5.41, 5.74) is 7.36. The van der Waals surface area contributed by atoms with Gasteiger partial charge in [0.1, 0.15) is 11.6 Å². The monoisotopic (exact) mass is 408 g/mol. The zero-order chi connectivity index (χ0) is 20.7. The highest BCUT2D eigenvalue weighted by Gasteiger charge is 2.27. The van der Waals surface area contributed by atoms with Crippen LogP contribution in [0.3, 0.4) is 0 Å². The van der Waals surface area contributed by atoms with Crippen LogP contribution in [0, 0.1) is 6.92 Å². The lowest BCUT2D eigenvalue weighted by atomic mass is 10.1. The minimum atomic E-state index is -0.189. The van der Waals surface area contributed by atoms with Crippen LogP contribution in [0.5, 0.6) is 0 Å². The molecule has 28 heavy (non-hydrogen) atoms. The fraction of sp³-hybridized carbons (Fsp3) is 0.500. The van der Waals surface area contributed by atoms with Gasteiger partial charge in [0.2, 0.25) is 5.95 Å². The van der Waals surface area contributed by atoms with E-state index in [1.54, 1.807) is 13.2 Å². The molecule has 1 aliphatic heterocycles. The number of methoxy groups -OCH3 is 1. The summed E-state index contributed by atoms with van der Waals surface area (Å²) in [6, 6.07) is 1.71. The number of rotatable bonds is 7. The highest BCUT2D eigenvalue weighted by molar-refractivity contribution is 6.32. The summed E-state index contributed by atoms with van der Waals surface area (Å²) in [5, 5.41) is 0.468. The van der Waals surface area contributed by atoms with Gasteiger partial charge < -0.3 is 24.8 Å². The van der Waals surface area contributed by atoms with E-state index >= 15 is 0 Å². The maximum Gasteiger partial charge on any atom is 0.222 e. The molecule has 7 nitrogen and oxygen atoms in total. The molecule has 0 saturated carbocycles. The molecule has 154 valence electrons. The van der Waals surface area contributed by atoms with Crippen LogP contribution in [0.25, 0.3) is 0 Å². The Bertz CT molecular complexity index is 744. The standard InChI is InChI=1S/C20H29ClN4O3/c1-6-28-15(4)18(26-5)11-16(21)14(3)17-12-27-9-7-8-25(17)19-10-13(2)23-20(22)24-19/h10-11,17H,3,6-9,12H2,1-2,4-5H3,(H2,22,23,24)/b16-11+,18-15-/t17-/m0/s1. The molecule has 1 aromatic rings. The molecule has 0 unspecified atom stereocenters. The second-order valence-electron chi connectivity index (χ2n) is 6.44. The maximum absolute atomic E-state index is 6.60. The predicted molar refractivity (Wildman–Crippen MR) is 112 cm³/mol. The number of ether oxygens (including phenoxy) is 3. The molecule has 0 amide bonds. The number of hydrogen-bond donors (Lipinski definition) is 1. The van der Waals surface area contributed by atoms with Crippen molar-refractivity contribution < 1.29 is 14.2 Å². The van der Waals surface area contributed by atoms with Crippen LogP contribution in [-0.2, 0) is 14.2 Å². The first-order valence-electron chi connectivity index (χ1n) is 9.26. The summed E-state index contributed by atoms with van der Waals surface area (Å²) in [6.45, 7) is 12.2. The van der Waals surface area contributed by atoms with Gasteiger partial charge in [-0.1, -0.05) is 18.2 Å². The van der Waals surface area contributed by atoms with Gasteiger partial charge in [0, 0.05) is 36.0 Å². The third kappa shape index (κ3) is 5.62. The molecule has 0 bridgehead atoms. The Morgan fingerprint density at radius 2 is 2.25 bits per heavy atom. The number of nitrogens with two attached hydrogens (primary N) is 1. The van der Waals surface area contributed by atoms with Crippen LogP contribution in [0.15, 0.2) is 40.8 Å². The Hall–Kier alpha value is -2.25. The van der Waals surface area contributed by atoms with Gasteiger partial charge in [-0.3, -0.25) is 0 Å². The van der Waals surface area contributed by atoms with E-state index in [0.29, 0.717) is 41.9 Å². The average Bonchev–Trinajstić information content (AvgIpc) is 2.90. The van der Waals surface area contributed by atoms with Crippen molar-refractivity contribution in [1.82, 2.24) is 9.97 Å². The van der Waals surface area contributed by atoms with E-state index in [9.17, 15) is 0 Å². The highest BCUT2D eigenvalue weighted by Crippen LogP contribution is 2.28. The quantitative estimate of drug-likeness (QED) is 0.545. The Morgan fingerprint density at radius 3 is 2.89 bits per heavy atom. The summed E-state index contributed by atoms with van der Waals surface area (Å²) < 4.78 is 16.7. The van der Waals surface area contributed by atoms with Crippen molar-refractivity contribution >= 4 is 23.4 Å². The van der Waals surface area contributed by atoms with Crippen LogP contribution < -0.4 is 10.6 Å². The molecule has 0 aromatic carbocycles. The molecule has 0 radical (unpaired) electrons. The average molecular weight is 409 g/mol. The van der Waals surface area contributed by atoms with Crippen molar-refractivity contribution in [1.29, 1.82) is 0 Å². The number of hydrogen-bond acceptors (Lipinski definition) is 7. The lowest BCUT2D eigenvalue weighted by molar-refractivity contribution is 0.141. The van der Waals surface area contributed by atoms with Crippen molar-refractivity contribution in [3.05, 3.63) is 46.5 Å². The maximum atomic E-state index is 6.60. The molecule has 2 N–H and O–H groups in total. The number of nitrogen functional groups attached to an aromatic ring is 1. The van der Waals surface area contributed by atoms with E-state index in [2.05, 4.69) is 21.4 Å². The van der Waals surface area contributed by atoms with Gasteiger partial charge in [-0.15, -0.1) is 0 Å². The third-order valence-electron chi connectivity index (χ3n) is 4.39. The largest absolute Gasteiger partial charge is 0.495 e. The van der Waals surface area contributed by atoms with Gasteiger partial charge in [-0.05, 0) is 32.8 Å². The SMILES string of the molecule is C=C(/C(Cl)=C\C(OC)=C(/C)OCC)[C@@H]1COCCCN1c1cc(C)nc(N)n1. The van der Waals surface area contributed by atoms with Crippen molar-refractivity contribution in [2.24, 2.45) is 0 Å². The van der Waals surface area contributed by atoms with Crippen molar-refractivity contribution in [3.8, 4) is 0 Å². The number of anilines is 2. The molecular formula is C20H29ClN4O3. The van der Waals surface area contributed by atoms with Crippen LogP contribution in [-0.4, -0.2) is 49.5 Å². The summed E-state index contributed by atoms with van der Waals surface area (Å²) in [6.07, 6.45) is 2.58. The zero-order valence-electron chi connectivity index (χ0n) is 17.0. The molecule has 0 aliphatic carbocycles. The highest BCUT2D eigenvalue weighted by atomic mass is 35.5. The molecule has 2 heterocycles. The van der Waals surface area contributed by atoms with Gasteiger partial charge in [0.25, 0.3) is 0 Å². The van der Waals surface area contributed by atoms with Crippen molar-refractivity contribution in [2.45, 2.75) is 33.2 Å². The third-order valence-corrected chi connectivity index (χ3v) is 4.74.